The molecular weight excluding hydrogens is 569 g/mol. The average Bonchev–Trinajstić information content (AvgIpc) is 3.58. The number of carbonyl (C=O) groups excluding carboxylic acids is 2. The van der Waals surface area contributed by atoms with Gasteiger partial charge in [-0.3, -0.25) is 14.6 Å². The third-order valence-electron chi connectivity index (χ3n) is 7.56. The molecule has 0 radical (unpaired) electrons. The fraction of sp³-hybridized carbons (Fsp3) is 0.379. The number of carboxylic acid groups (broad SMARTS) is 1. The van der Waals surface area contributed by atoms with Crippen molar-refractivity contribution in [3.63, 3.8) is 0 Å². The lowest BCUT2D eigenvalue weighted by molar-refractivity contribution is -0.139. The SMILES string of the molecule is CN=C(NC[C@H](NC(=O)c1c(Cl)cc2c(c1Cl)CCN(C(=O)c1cc3ccccc3o1)C2)C(=O)O)N1CC[C@H](C)C1. The molecule has 1 aromatic heterocycles. The van der Waals surface area contributed by atoms with Crippen LogP contribution in [0.4, 0.5) is 0 Å². The number of fused-ring (bicyclic) bond motifs is 2. The van der Waals surface area contributed by atoms with Gasteiger partial charge in [0.15, 0.2) is 11.7 Å². The predicted molar refractivity (Wildman–Crippen MR) is 157 cm³/mol. The van der Waals surface area contributed by atoms with E-state index in [2.05, 4.69) is 27.4 Å². The molecule has 0 aliphatic carbocycles. The van der Waals surface area contributed by atoms with Crippen LogP contribution in [0, 0.1) is 5.92 Å². The Morgan fingerprint density at radius 2 is 1.95 bits per heavy atom. The number of hydrogen-bond donors (Lipinski definition) is 3. The predicted octanol–water partition coefficient (Wildman–Crippen LogP) is 4.04. The largest absolute Gasteiger partial charge is 0.480 e. The number of amides is 2. The van der Waals surface area contributed by atoms with Crippen LogP contribution in [0.15, 0.2) is 45.8 Å². The Morgan fingerprint density at radius 1 is 1.17 bits per heavy atom. The molecule has 3 aromatic rings. The molecule has 12 heteroatoms. The Balaban J connectivity index is 1.28. The molecule has 0 spiro atoms. The Morgan fingerprint density at radius 3 is 2.63 bits per heavy atom. The third kappa shape index (κ3) is 5.99. The number of aliphatic imine (C=N–C) groups is 1. The summed E-state index contributed by atoms with van der Waals surface area (Å²) >= 11 is 13.2. The number of furan rings is 1. The van der Waals surface area contributed by atoms with Crippen LogP contribution in [0.25, 0.3) is 11.0 Å². The van der Waals surface area contributed by atoms with Crippen LogP contribution in [0.5, 0.6) is 0 Å². The highest BCUT2D eigenvalue weighted by molar-refractivity contribution is 6.40. The van der Waals surface area contributed by atoms with Gasteiger partial charge < -0.3 is 30.0 Å². The Labute approximate surface area is 247 Å². The number of nitrogens with one attached hydrogen (secondary N) is 2. The van der Waals surface area contributed by atoms with Gasteiger partial charge in [0.2, 0.25) is 0 Å². The Bertz CT molecular complexity index is 1500. The summed E-state index contributed by atoms with van der Waals surface area (Å²) in [5.74, 6) is -0.805. The van der Waals surface area contributed by atoms with Crippen LogP contribution in [-0.4, -0.2) is 77.9 Å². The van der Waals surface area contributed by atoms with E-state index in [1.165, 1.54) is 0 Å². The van der Waals surface area contributed by atoms with Crippen molar-refractivity contribution >= 4 is 57.9 Å². The van der Waals surface area contributed by atoms with Crippen molar-refractivity contribution < 1.29 is 23.9 Å². The number of likely N-dealkylation sites (tertiary alicyclic amines) is 1. The molecule has 2 atom stereocenters. The topological polar surface area (TPSA) is 127 Å². The molecule has 2 aliphatic heterocycles. The standard InChI is InChI=1S/C29H31Cl2N5O5/c1-16-7-9-36(14-16)29(32-2)33-13-21(28(39)40)34-26(37)24-20(30)11-18-15-35(10-8-19(18)25(24)31)27(38)23-12-17-5-3-4-6-22(17)41-23/h3-6,11-12,16,21H,7-10,13-15H2,1-2H3,(H,32,33)(H,34,37)(H,39,40)/t16-,21-/m0/s1. The molecule has 2 aromatic carbocycles. The number of halogens is 2. The van der Waals surface area contributed by atoms with Crippen molar-refractivity contribution in [1.82, 2.24) is 20.4 Å². The van der Waals surface area contributed by atoms with E-state index in [0.717, 1.165) is 24.9 Å². The number of guanidine groups is 1. The van der Waals surface area contributed by atoms with E-state index in [9.17, 15) is 19.5 Å². The minimum atomic E-state index is -1.25. The van der Waals surface area contributed by atoms with Gasteiger partial charge in [-0.15, -0.1) is 0 Å². The number of rotatable bonds is 6. The van der Waals surface area contributed by atoms with Crippen LogP contribution >= 0.6 is 23.2 Å². The van der Waals surface area contributed by atoms with E-state index >= 15 is 0 Å². The monoisotopic (exact) mass is 599 g/mol. The molecule has 0 bridgehead atoms. The lowest BCUT2D eigenvalue weighted by Crippen LogP contribution is -2.51. The summed E-state index contributed by atoms with van der Waals surface area (Å²) in [6, 6.07) is 9.48. The molecule has 2 aliphatic rings. The molecule has 0 unspecified atom stereocenters. The maximum absolute atomic E-state index is 13.3. The van der Waals surface area contributed by atoms with E-state index in [4.69, 9.17) is 27.6 Å². The molecule has 5 rings (SSSR count). The molecule has 1 fully saturated rings. The molecule has 2 amide bonds. The minimum Gasteiger partial charge on any atom is -0.480 e. The lowest BCUT2D eigenvalue weighted by atomic mass is 9.96. The number of benzene rings is 2. The van der Waals surface area contributed by atoms with Crippen LogP contribution in [0.2, 0.25) is 10.0 Å². The number of aliphatic carboxylic acids is 1. The van der Waals surface area contributed by atoms with Gasteiger partial charge in [0, 0.05) is 45.2 Å². The summed E-state index contributed by atoms with van der Waals surface area (Å²) in [6.07, 6.45) is 1.42. The smallest absolute Gasteiger partial charge is 0.328 e. The molecule has 0 saturated carbocycles. The van der Waals surface area contributed by atoms with Crippen molar-refractivity contribution in [2.45, 2.75) is 32.4 Å². The number of carbonyl (C=O) groups is 3. The maximum atomic E-state index is 13.3. The van der Waals surface area contributed by atoms with Gasteiger partial charge in [-0.25, -0.2) is 4.79 Å². The second-order valence-corrected chi connectivity index (χ2v) is 11.2. The number of hydrogen-bond acceptors (Lipinski definition) is 5. The normalized spacial score (nSPS) is 17.9. The average molecular weight is 601 g/mol. The highest BCUT2D eigenvalue weighted by Gasteiger charge is 2.31. The number of carboxylic acids is 1. The highest BCUT2D eigenvalue weighted by Crippen LogP contribution is 2.35. The molecule has 216 valence electrons. The molecular formula is C29H31Cl2N5O5. The molecule has 41 heavy (non-hydrogen) atoms. The molecule has 3 N–H and O–H groups in total. The second kappa shape index (κ2) is 12.0. The van der Waals surface area contributed by atoms with Crippen molar-refractivity contribution in [3.05, 3.63) is 68.9 Å². The van der Waals surface area contributed by atoms with Gasteiger partial charge in [-0.1, -0.05) is 48.3 Å². The highest BCUT2D eigenvalue weighted by atomic mass is 35.5. The van der Waals surface area contributed by atoms with Gasteiger partial charge in [0.05, 0.1) is 15.6 Å². The fourth-order valence-corrected chi connectivity index (χ4v) is 6.12. The molecule has 10 nitrogen and oxygen atoms in total. The van der Waals surface area contributed by atoms with E-state index in [1.807, 2.05) is 18.2 Å². The van der Waals surface area contributed by atoms with E-state index in [-0.39, 0.29) is 40.4 Å². The minimum absolute atomic E-state index is 0.00754. The van der Waals surface area contributed by atoms with Crippen LogP contribution in [0.1, 0.15) is 45.4 Å². The Kier molecular flexibility index (Phi) is 8.42. The summed E-state index contributed by atoms with van der Waals surface area (Å²) in [5, 5.41) is 16.5. The third-order valence-corrected chi connectivity index (χ3v) is 8.27. The van der Waals surface area contributed by atoms with E-state index in [0.29, 0.717) is 41.6 Å². The fourth-order valence-electron chi connectivity index (χ4n) is 5.36. The van der Waals surface area contributed by atoms with Crippen molar-refractivity contribution in [2.75, 3.05) is 33.2 Å². The molecule has 3 heterocycles. The van der Waals surface area contributed by atoms with Crippen LogP contribution in [0.3, 0.4) is 0 Å². The van der Waals surface area contributed by atoms with Gasteiger partial charge >= 0.3 is 5.97 Å². The van der Waals surface area contributed by atoms with Gasteiger partial charge in [0.1, 0.15) is 11.6 Å². The summed E-state index contributed by atoms with van der Waals surface area (Å²) in [4.78, 5) is 46.4. The van der Waals surface area contributed by atoms with E-state index in [1.54, 1.807) is 30.1 Å². The summed E-state index contributed by atoms with van der Waals surface area (Å²) in [6.45, 7) is 4.33. The first kappa shape index (κ1) is 28.8. The first-order chi connectivity index (χ1) is 19.7. The van der Waals surface area contributed by atoms with Crippen molar-refractivity contribution in [3.8, 4) is 0 Å². The zero-order chi connectivity index (χ0) is 29.3. The van der Waals surface area contributed by atoms with Gasteiger partial charge in [-0.05, 0) is 48.1 Å². The van der Waals surface area contributed by atoms with Crippen molar-refractivity contribution in [2.24, 2.45) is 10.9 Å². The number of nitrogens with zero attached hydrogens (tertiary/aromatic N) is 3. The van der Waals surface area contributed by atoms with Gasteiger partial charge in [0.25, 0.3) is 11.8 Å². The summed E-state index contributed by atoms with van der Waals surface area (Å²) in [5.41, 5.74) is 2.05. The van der Waals surface area contributed by atoms with Crippen molar-refractivity contribution in [1.29, 1.82) is 0 Å². The lowest BCUT2D eigenvalue weighted by Gasteiger charge is -2.30. The van der Waals surface area contributed by atoms with E-state index < -0.39 is 17.9 Å². The quantitative estimate of drug-likeness (QED) is 0.288. The maximum Gasteiger partial charge on any atom is 0.328 e. The van der Waals surface area contributed by atoms with Crippen LogP contribution < -0.4 is 10.6 Å². The Hall–Kier alpha value is -3.76. The zero-order valence-corrected chi connectivity index (χ0v) is 24.3. The summed E-state index contributed by atoms with van der Waals surface area (Å²) in [7, 11) is 1.64. The number of para-hydroxylation sites is 1. The summed E-state index contributed by atoms with van der Waals surface area (Å²) < 4.78 is 5.74. The second-order valence-electron chi connectivity index (χ2n) is 10.4. The zero-order valence-electron chi connectivity index (χ0n) is 22.7. The van der Waals surface area contributed by atoms with Crippen LogP contribution in [-0.2, 0) is 17.8 Å². The first-order valence-corrected chi connectivity index (χ1v) is 14.2. The van der Waals surface area contributed by atoms with Gasteiger partial charge in [-0.2, -0.15) is 0 Å². The first-order valence-electron chi connectivity index (χ1n) is 13.4. The molecule has 1 saturated heterocycles.